The highest BCUT2D eigenvalue weighted by atomic mass is 19.1. The molecule has 100 valence electrons. The van der Waals surface area contributed by atoms with E-state index in [4.69, 9.17) is 4.74 Å². The SMILES string of the molecule is C=CCOC1=Cc2ccccc2Cc2ccc(F)cc21. The molecule has 3 rings (SSSR count). The molecule has 0 heterocycles. The molecule has 0 spiro atoms. The topological polar surface area (TPSA) is 9.23 Å². The van der Waals surface area contributed by atoms with Gasteiger partial charge in [0.05, 0.1) is 0 Å². The Morgan fingerprint density at radius 3 is 2.85 bits per heavy atom. The van der Waals surface area contributed by atoms with Crippen molar-refractivity contribution in [3.63, 3.8) is 0 Å². The van der Waals surface area contributed by atoms with Gasteiger partial charge in [0.1, 0.15) is 18.2 Å². The van der Waals surface area contributed by atoms with Crippen LogP contribution in [0.3, 0.4) is 0 Å². The standard InChI is InChI=1S/C18H15FO/c1-2-9-20-18-11-14-6-4-3-5-13(14)10-15-7-8-16(19)12-17(15)18/h2-8,11-12H,1,9-10H2. The summed E-state index contributed by atoms with van der Waals surface area (Å²) in [6, 6.07) is 13.0. The molecule has 2 aromatic carbocycles. The fourth-order valence-corrected chi connectivity index (χ4v) is 2.46. The van der Waals surface area contributed by atoms with E-state index in [2.05, 4.69) is 18.7 Å². The van der Waals surface area contributed by atoms with Crippen LogP contribution in [0.2, 0.25) is 0 Å². The third-order valence-corrected chi connectivity index (χ3v) is 3.42. The van der Waals surface area contributed by atoms with Gasteiger partial charge in [0, 0.05) is 5.56 Å². The van der Waals surface area contributed by atoms with Crippen molar-refractivity contribution in [2.75, 3.05) is 6.61 Å². The Bertz CT molecular complexity index is 686. The van der Waals surface area contributed by atoms with Gasteiger partial charge in [0.25, 0.3) is 0 Å². The Balaban J connectivity index is 2.16. The molecule has 0 N–H and O–H groups in total. The Hall–Kier alpha value is -2.35. The zero-order valence-corrected chi connectivity index (χ0v) is 11.1. The number of halogens is 1. The van der Waals surface area contributed by atoms with Gasteiger partial charge in [-0.25, -0.2) is 4.39 Å². The van der Waals surface area contributed by atoms with E-state index in [0.29, 0.717) is 12.4 Å². The number of hydrogen-bond donors (Lipinski definition) is 0. The molecular formula is C18H15FO. The van der Waals surface area contributed by atoms with E-state index in [1.165, 1.54) is 17.7 Å². The second-order valence-corrected chi connectivity index (χ2v) is 4.79. The fourth-order valence-electron chi connectivity index (χ4n) is 2.46. The Labute approximate surface area is 118 Å². The first-order valence-corrected chi connectivity index (χ1v) is 6.60. The minimum absolute atomic E-state index is 0.247. The monoisotopic (exact) mass is 266 g/mol. The quantitative estimate of drug-likeness (QED) is 0.747. The number of rotatable bonds is 3. The molecule has 2 aromatic rings. The lowest BCUT2D eigenvalue weighted by Crippen LogP contribution is -1.97. The zero-order chi connectivity index (χ0) is 13.9. The molecule has 0 radical (unpaired) electrons. The molecule has 1 aliphatic carbocycles. The van der Waals surface area contributed by atoms with Crippen molar-refractivity contribution in [2.24, 2.45) is 0 Å². The van der Waals surface area contributed by atoms with Crippen LogP contribution in [0, 0.1) is 5.82 Å². The molecule has 0 amide bonds. The van der Waals surface area contributed by atoms with Crippen molar-refractivity contribution < 1.29 is 9.13 Å². The number of benzene rings is 2. The highest BCUT2D eigenvalue weighted by Gasteiger charge is 2.16. The van der Waals surface area contributed by atoms with E-state index < -0.39 is 0 Å². The van der Waals surface area contributed by atoms with Crippen molar-refractivity contribution in [3.8, 4) is 0 Å². The third-order valence-electron chi connectivity index (χ3n) is 3.42. The van der Waals surface area contributed by atoms with Crippen LogP contribution in [0.5, 0.6) is 0 Å². The summed E-state index contributed by atoms with van der Waals surface area (Å²) < 4.78 is 19.3. The molecule has 0 unspecified atom stereocenters. The fraction of sp³-hybridized carbons (Fsp3) is 0.111. The van der Waals surface area contributed by atoms with Crippen molar-refractivity contribution in [2.45, 2.75) is 6.42 Å². The van der Waals surface area contributed by atoms with Crippen molar-refractivity contribution in [1.82, 2.24) is 0 Å². The maximum absolute atomic E-state index is 13.5. The first kappa shape index (κ1) is 12.7. The first-order chi connectivity index (χ1) is 9.78. The van der Waals surface area contributed by atoms with Gasteiger partial charge >= 0.3 is 0 Å². The average molecular weight is 266 g/mol. The lowest BCUT2D eigenvalue weighted by atomic mass is 10.00. The Kier molecular flexibility index (Phi) is 3.38. The lowest BCUT2D eigenvalue weighted by molar-refractivity contribution is 0.322. The van der Waals surface area contributed by atoms with Crippen LogP contribution in [-0.4, -0.2) is 6.61 Å². The molecule has 0 saturated heterocycles. The lowest BCUT2D eigenvalue weighted by Gasteiger charge is -2.11. The summed E-state index contributed by atoms with van der Waals surface area (Å²) in [6.07, 6.45) is 4.45. The number of ether oxygens (including phenoxy) is 1. The highest BCUT2D eigenvalue weighted by Crippen LogP contribution is 2.31. The maximum Gasteiger partial charge on any atom is 0.127 e. The second kappa shape index (κ2) is 5.33. The molecule has 0 saturated carbocycles. The second-order valence-electron chi connectivity index (χ2n) is 4.79. The summed E-state index contributed by atoms with van der Waals surface area (Å²) in [5.74, 6) is 0.451. The largest absolute Gasteiger partial charge is 0.489 e. The van der Waals surface area contributed by atoms with E-state index in [1.54, 1.807) is 6.08 Å². The van der Waals surface area contributed by atoms with E-state index in [0.717, 1.165) is 23.1 Å². The summed E-state index contributed by atoms with van der Waals surface area (Å²) in [5.41, 5.74) is 4.23. The molecule has 0 aliphatic heterocycles. The van der Waals surface area contributed by atoms with Gasteiger partial charge in [0.15, 0.2) is 0 Å². The van der Waals surface area contributed by atoms with Crippen LogP contribution in [0.15, 0.2) is 55.1 Å². The van der Waals surface area contributed by atoms with Gasteiger partial charge in [-0.1, -0.05) is 43.0 Å². The van der Waals surface area contributed by atoms with Crippen molar-refractivity contribution in [1.29, 1.82) is 0 Å². The maximum atomic E-state index is 13.5. The van der Waals surface area contributed by atoms with Crippen molar-refractivity contribution >= 4 is 11.8 Å². The summed E-state index contributed by atoms with van der Waals surface area (Å²) in [4.78, 5) is 0. The van der Waals surface area contributed by atoms with Crippen molar-refractivity contribution in [3.05, 3.63) is 83.2 Å². The van der Waals surface area contributed by atoms with Crippen LogP contribution in [0.1, 0.15) is 22.3 Å². The van der Waals surface area contributed by atoms with Gasteiger partial charge in [-0.05, 0) is 41.3 Å². The summed E-state index contributed by atoms with van der Waals surface area (Å²) >= 11 is 0. The highest BCUT2D eigenvalue weighted by molar-refractivity contribution is 5.82. The number of fused-ring (bicyclic) bond motifs is 2. The van der Waals surface area contributed by atoms with Gasteiger partial charge in [-0.15, -0.1) is 0 Å². The van der Waals surface area contributed by atoms with E-state index in [9.17, 15) is 4.39 Å². The minimum Gasteiger partial charge on any atom is -0.489 e. The minimum atomic E-state index is -0.247. The summed E-state index contributed by atoms with van der Waals surface area (Å²) in [7, 11) is 0. The first-order valence-electron chi connectivity index (χ1n) is 6.60. The zero-order valence-electron chi connectivity index (χ0n) is 11.1. The smallest absolute Gasteiger partial charge is 0.127 e. The van der Waals surface area contributed by atoms with E-state index in [1.807, 2.05) is 24.3 Å². The summed E-state index contributed by atoms with van der Waals surface area (Å²) in [5, 5.41) is 0. The molecule has 1 nitrogen and oxygen atoms in total. The molecule has 0 aromatic heterocycles. The van der Waals surface area contributed by atoms with Crippen LogP contribution in [0.25, 0.3) is 11.8 Å². The van der Waals surface area contributed by atoms with Gasteiger partial charge in [0.2, 0.25) is 0 Å². The summed E-state index contributed by atoms with van der Waals surface area (Å²) in [6.45, 7) is 4.07. The average Bonchev–Trinajstić information content (AvgIpc) is 2.61. The normalized spacial score (nSPS) is 12.8. The molecule has 2 heteroatoms. The van der Waals surface area contributed by atoms with Gasteiger partial charge in [-0.2, -0.15) is 0 Å². The van der Waals surface area contributed by atoms with E-state index in [-0.39, 0.29) is 5.82 Å². The van der Waals surface area contributed by atoms with E-state index >= 15 is 0 Å². The predicted octanol–water partition coefficient (Wildman–Crippen LogP) is 4.43. The van der Waals surface area contributed by atoms with Gasteiger partial charge < -0.3 is 4.74 Å². The molecular weight excluding hydrogens is 251 g/mol. The molecule has 0 bridgehead atoms. The Morgan fingerprint density at radius 2 is 2.00 bits per heavy atom. The van der Waals surface area contributed by atoms with Crippen LogP contribution in [0.4, 0.5) is 4.39 Å². The van der Waals surface area contributed by atoms with Crippen LogP contribution >= 0.6 is 0 Å². The Morgan fingerprint density at radius 1 is 1.15 bits per heavy atom. The number of hydrogen-bond acceptors (Lipinski definition) is 1. The van der Waals surface area contributed by atoms with Crippen LogP contribution < -0.4 is 0 Å². The molecule has 0 fully saturated rings. The molecule has 0 atom stereocenters. The van der Waals surface area contributed by atoms with Crippen LogP contribution in [-0.2, 0) is 11.2 Å². The molecule has 1 aliphatic rings. The van der Waals surface area contributed by atoms with Gasteiger partial charge in [-0.3, -0.25) is 0 Å². The molecule has 20 heavy (non-hydrogen) atoms. The third kappa shape index (κ3) is 2.37. The predicted molar refractivity (Wildman–Crippen MR) is 79.7 cm³/mol.